The van der Waals surface area contributed by atoms with Crippen LogP contribution in [0, 0.1) is 6.92 Å². The van der Waals surface area contributed by atoms with E-state index in [1.807, 2.05) is 30.3 Å². The molecule has 1 heterocycles. The zero-order chi connectivity index (χ0) is 16.1. The van der Waals surface area contributed by atoms with E-state index in [2.05, 4.69) is 46.7 Å². The van der Waals surface area contributed by atoms with E-state index in [1.54, 1.807) is 0 Å². The predicted molar refractivity (Wildman–Crippen MR) is 93.5 cm³/mol. The summed E-state index contributed by atoms with van der Waals surface area (Å²) < 4.78 is 0. The molecular formula is C18H17N3OS. The van der Waals surface area contributed by atoms with Crippen molar-refractivity contribution >= 4 is 22.4 Å². The van der Waals surface area contributed by atoms with Crippen LogP contribution < -0.4 is 5.32 Å². The molecule has 2 aromatic carbocycles. The van der Waals surface area contributed by atoms with Gasteiger partial charge < -0.3 is 5.32 Å². The molecule has 1 N–H and O–H groups in total. The molecule has 0 aliphatic heterocycles. The summed E-state index contributed by atoms with van der Waals surface area (Å²) in [4.78, 5) is 12.0. The summed E-state index contributed by atoms with van der Waals surface area (Å²) in [6.45, 7) is 2.05. The average Bonchev–Trinajstić information content (AvgIpc) is 3.04. The summed E-state index contributed by atoms with van der Waals surface area (Å²) in [6, 6.07) is 18.1. The van der Waals surface area contributed by atoms with E-state index >= 15 is 0 Å². The van der Waals surface area contributed by atoms with Gasteiger partial charge in [0.25, 0.3) is 0 Å². The lowest BCUT2D eigenvalue weighted by Gasteiger charge is -2.02. The van der Waals surface area contributed by atoms with Crippen LogP contribution in [-0.2, 0) is 11.2 Å². The lowest BCUT2D eigenvalue weighted by molar-refractivity contribution is -0.116. The van der Waals surface area contributed by atoms with E-state index in [0.29, 0.717) is 11.6 Å². The molecule has 4 nitrogen and oxygen atoms in total. The maximum Gasteiger partial charge on any atom is 0.226 e. The first-order valence-electron chi connectivity index (χ1n) is 7.45. The fourth-order valence-corrected chi connectivity index (χ4v) is 2.93. The number of carbonyl (C=O) groups is 1. The predicted octanol–water partition coefficient (Wildman–Crippen LogP) is 4.08. The van der Waals surface area contributed by atoms with Gasteiger partial charge in [0.15, 0.2) is 0 Å². The third-order valence-corrected chi connectivity index (χ3v) is 4.34. The molecule has 0 aliphatic rings. The second kappa shape index (κ2) is 7.15. The van der Waals surface area contributed by atoms with Gasteiger partial charge in [-0.25, -0.2) is 0 Å². The van der Waals surface area contributed by atoms with Crippen molar-refractivity contribution in [2.75, 3.05) is 5.32 Å². The van der Waals surface area contributed by atoms with E-state index < -0.39 is 0 Å². The van der Waals surface area contributed by atoms with E-state index in [0.717, 1.165) is 22.6 Å². The summed E-state index contributed by atoms with van der Waals surface area (Å²) in [7, 11) is 0. The van der Waals surface area contributed by atoms with Crippen molar-refractivity contribution in [2.45, 2.75) is 19.8 Å². The SMILES string of the molecule is Cc1ccc(CCC(=O)Nc2nnc(-c3ccccc3)s2)cc1. The second-order valence-corrected chi connectivity index (χ2v) is 6.29. The second-order valence-electron chi connectivity index (χ2n) is 5.31. The van der Waals surface area contributed by atoms with Crippen molar-refractivity contribution in [1.29, 1.82) is 0 Å². The van der Waals surface area contributed by atoms with Gasteiger partial charge in [-0.05, 0) is 18.9 Å². The third-order valence-electron chi connectivity index (χ3n) is 3.45. The minimum Gasteiger partial charge on any atom is -0.301 e. The molecule has 0 saturated carbocycles. The summed E-state index contributed by atoms with van der Waals surface area (Å²) in [6.07, 6.45) is 1.15. The Morgan fingerprint density at radius 2 is 1.78 bits per heavy atom. The molecule has 3 aromatic rings. The highest BCUT2D eigenvalue weighted by molar-refractivity contribution is 7.18. The molecule has 0 saturated heterocycles. The number of aromatic nitrogens is 2. The van der Waals surface area contributed by atoms with E-state index in [9.17, 15) is 4.79 Å². The lowest BCUT2D eigenvalue weighted by Crippen LogP contribution is -2.12. The van der Waals surface area contributed by atoms with Gasteiger partial charge >= 0.3 is 0 Å². The molecule has 0 bridgehead atoms. The first-order valence-corrected chi connectivity index (χ1v) is 8.27. The Balaban J connectivity index is 1.56. The summed E-state index contributed by atoms with van der Waals surface area (Å²) >= 11 is 1.38. The van der Waals surface area contributed by atoms with Crippen LogP contribution in [0.3, 0.4) is 0 Å². The molecule has 1 amide bonds. The first kappa shape index (κ1) is 15.4. The van der Waals surface area contributed by atoms with Crippen molar-refractivity contribution in [3.05, 3.63) is 65.7 Å². The number of rotatable bonds is 5. The molecule has 23 heavy (non-hydrogen) atoms. The van der Waals surface area contributed by atoms with Crippen LogP contribution in [0.15, 0.2) is 54.6 Å². The number of hydrogen-bond acceptors (Lipinski definition) is 4. The number of benzene rings is 2. The molecule has 0 radical (unpaired) electrons. The van der Waals surface area contributed by atoms with Crippen molar-refractivity contribution in [1.82, 2.24) is 10.2 Å². The smallest absolute Gasteiger partial charge is 0.226 e. The molecule has 0 aliphatic carbocycles. The Morgan fingerprint density at radius 3 is 2.52 bits per heavy atom. The van der Waals surface area contributed by atoms with Gasteiger partial charge in [-0.3, -0.25) is 4.79 Å². The maximum atomic E-state index is 12.0. The standard InChI is InChI=1S/C18H17N3OS/c1-13-7-9-14(10-8-13)11-12-16(22)19-18-21-20-17(23-18)15-5-3-2-4-6-15/h2-10H,11-12H2,1H3,(H,19,21,22). The molecule has 1 aromatic heterocycles. The van der Waals surface area contributed by atoms with Crippen molar-refractivity contribution in [3.8, 4) is 10.6 Å². The zero-order valence-corrected chi connectivity index (χ0v) is 13.6. The monoisotopic (exact) mass is 323 g/mol. The highest BCUT2D eigenvalue weighted by Gasteiger charge is 2.09. The van der Waals surface area contributed by atoms with E-state index in [4.69, 9.17) is 0 Å². The summed E-state index contributed by atoms with van der Waals surface area (Å²) in [5, 5.41) is 12.3. The molecule has 0 atom stereocenters. The number of aryl methyl sites for hydroxylation is 2. The van der Waals surface area contributed by atoms with Crippen LogP contribution in [0.2, 0.25) is 0 Å². The summed E-state index contributed by atoms with van der Waals surface area (Å²) in [5.41, 5.74) is 3.39. The van der Waals surface area contributed by atoms with Crippen LogP contribution in [0.4, 0.5) is 5.13 Å². The number of nitrogens with zero attached hydrogens (tertiary/aromatic N) is 2. The molecule has 116 valence electrons. The summed E-state index contributed by atoms with van der Waals surface area (Å²) in [5.74, 6) is -0.0404. The molecular weight excluding hydrogens is 306 g/mol. The first-order chi connectivity index (χ1) is 11.2. The van der Waals surface area contributed by atoms with Gasteiger partial charge in [0.2, 0.25) is 11.0 Å². The lowest BCUT2D eigenvalue weighted by atomic mass is 10.1. The fourth-order valence-electron chi connectivity index (χ4n) is 2.17. The Labute approximate surface area is 139 Å². The van der Waals surface area contributed by atoms with Crippen LogP contribution in [0.5, 0.6) is 0 Å². The topological polar surface area (TPSA) is 54.9 Å². The zero-order valence-electron chi connectivity index (χ0n) is 12.8. The Hall–Kier alpha value is -2.53. The number of carbonyl (C=O) groups excluding carboxylic acids is 1. The van der Waals surface area contributed by atoms with Crippen molar-refractivity contribution in [3.63, 3.8) is 0 Å². The van der Waals surface area contributed by atoms with Gasteiger partial charge in [-0.2, -0.15) is 0 Å². The fraction of sp³-hybridized carbons (Fsp3) is 0.167. The largest absolute Gasteiger partial charge is 0.301 e. The molecule has 0 unspecified atom stereocenters. The van der Waals surface area contributed by atoms with Gasteiger partial charge in [0, 0.05) is 12.0 Å². The van der Waals surface area contributed by atoms with Gasteiger partial charge in [0.1, 0.15) is 5.01 Å². The van der Waals surface area contributed by atoms with Gasteiger partial charge in [0.05, 0.1) is 0 Å². The van der Waals surface area contributed by atoms with Gasteiger partial charge in [-0.15, -0.1) is 10.2 Å². The van der Waals surface area contributed by atoms with Crippen LogP contribution >= 0.6 is 11.3 Å². The van der Waals surface area contributed by atoms with Crippen LogP contribution in [0.1, 0.15) is 17.5 Å². The van der Waals surface area contributed by atoms with E-state index in [-0.39, 0.29) is 5.91 Å². The van der Waals surface area contributed by atoms with Crippen LogP contribution in [-0.4, -0.2) is 16.1 Å². The quantitative estimate of drug-likeness (QED) is 0.769. The molecule has 0 fully saturated rings. The number of anilines is 1. The van der Waals surface area contributed by atoms with E-state index in [1.165, 1.54) is 16.9 Å². The molecule has 5 heteroatoms. The third kappa shape index (κ3) is 4.23. The minimum atomic E-state index is -0.0404. The molecule has 0 spiro atoms. The Kier molecular flexibility index (Phi) is 4.78. The maximum absolute atomic E-state index is 12.0. The Bertz CT molecular complexity index is 782. The average molecular weight is 323 g/mol. The number of hydrogen-bond donors (Lipinski definition) is 1. The van der Waals surface area contributed by atoms with Crippen LogP contribution in [0.25, 0.3) is 10.6 Å². The van der Waals surface area contributed by atoms with Crippen molar-refractivity contribution in [2.24, 2.45) is 0 Å². The highest BCUT2D eigenvalue weighted by atomic mass is 32.1. The normalized spacial score (nSPS) is 10.5. The number of amides is 1. The Morgan fingerprint density at radius 1 is 1.04 bits per heavy atom. The minimum absolute atomic E-state index is 0.0404. The molecule has 3 rings (SSSR count). The van der Waals surface area contributed by atoms with Gasteiger partial charge in [-0.1, -0.05) is 71.5 Å². The highest BCUT2D eigenvalue weighted by Crippen LogP contribution is 2.25. The number of nitrogens with one attached hydrogen (secondary N) is 1. The van der Waals surface area contributed by atoms with Crippen molar-refractivity contribution < 1.29 is 4.79 Å².